The summed E-state index contributed by atoms with van der Waals surface area (Å²) >= 11 is 0. The average Bonchev–Trinajstić information content (AvgIpc) is 2.99. The fourth-order valence-electron chi connectivity index (χ4n) is 3.24. The maximum Gasteiger partial charge on any atom is 0.0346 e. The quantitative estimate of drug-likeness (QED) is 0.895. The zero-order valence-electron chi connectivity index (χ0n) is 11.6. The normalized spacial score (nSPS) is 17.9. The number of hydrogen-bond donors (Lipinski definition) is 1. The van der Waals surface area contributed by atoms with Crippen molar-refractivity contribution in [3.05, 3.63) is 42.2 Å². The molecule has 0 saturated heterocycles. The molecule has 1 aromatic heterocycles. The van der Waals surface area contributed by atoms with Gasteiger partial charge in [-0.05, 0) is 42.7 Å². The van der Waals surface area contributed by atoms with Crippen LogP contribution in [0.4, 0.5) is 0 Å². The van der Waals surface area contributed by atoms with E-state index in [1.54, 1.807) is 0 Å². The number of aromatic nitrogens is 1. The minimum absolute atomic E-state index is 0.625. The lowest BCUT2D eigenvalue weighted by Gasteiger charge is -2.20. The van der Waals surface area contributed by atoms with Crippen LogP contribution < -0.4 is 5.32 Å². The van der Waals surface area contributed by atoms with E-state index in [0.29, 0.717) is 6.04 Å². The summed E-state index contributed by atoms with van der Waals surface area (Å²) in [7, 11) is 0. The lowest BCUT2D eigenvalue weighted by molar-refractivity contribution is 0.381. The molecule has 0 aliphatic heterocycles. The first-order valence-corrected chi connectivity index (χ1v) is 7.39. The Balaban J connectivity index is 1.71. The van der Waals surface area contributed by atoms with Crippen molar-refractivity contribution in [1.29, 1.82) is 0 Å². The molecule has 1 unspecified atom stereocenters. The Morgan fingerprint density at radius 3 is 2.95 bits per heavy atom. The number of nitrogens with one attached hydrogen (secondary N) is 1. The summed E-state index contributed by atoms with van der Waals surface area (Å²) in [5, 5.41) is 6.27. The molecule has 1 N–H and O–H groups in total. The summed E-state index contributed by atoms with van der Waals surface area (Å²) in [6.07, 6.45) is 9.44. The third-order valence-corrected chi connectivity index (χ3v) is 4.49. The number of nitrogens with zero attached hydrogens (tertiary/aromatic N) is 1. The first kappa shape index (κ1) is 12.6. The van der Waals surface area contributed by atoms with Crippen LogP contribution in [0.5, 0.6) is 0 Å². The minimum Gasteiger partial charge on any atom is -0.310 e. The molecule has 2 heteroatoms. The lowest BCUT2D eigenvalue weighted by atomic mass is 9.99. The van der Waals surface area contributed by atoms with Crippen molar-refractivity contribution in [3.63, 3.8) is 0 Å². The van der Waals surface area contributed by atoms with Gasteiger partial charge in [-0.1, -0.05) is 31.0 Å². The van der Waals surface area contributed by atoms with Crippen LogP contribution in [0.1, 0.15) is 38.2 Å². The van der Waals surface area contributed by atoms with Gasteiger partial charge in [0.15, 0.2) is 0 Å². The van der Waals surface area contributed by atoms with Crippen LogP contribution in [0.25, 0.3) is 10.8 Å². The smallest absolute Gasteiger partial charge is 0.0346 e. The van der Waals surface area contributed by atoms with Crippen LogP contribution in [0.2, 0.25) is 0 Å². The van der Waals surface area contributed by atoms with Crippen LogP contribution >= 0.6 is 0 Å². The highest BCUT2D eigenvalue weighted by molar-refractivity contribution is 5.84. The van der Waals surface area contributed by atoms with E-state index in [-0.39, 0.29) is 0 Å². The van der Waals surface area contributed by atoms with Gasteiger partial charge in [-0.25, -0.2) is 0 Å². The van der Waals surface area contributed by atoms with E-state index in [9.17, 15) is 0 Å². The first-order chi connectivity index (χ1) is 9.34. The highest BCUT2D eigenvalue weighted by Crippen LogP contribution is 2.27. The fraction of sp³-hybridized carbons (Fsp3) is 0.471. The SMILES string of the molecule is CC(NCc1cccc2cnccc12)C1CCCC1. The molecule has 1 saturated carbocycles. The van der Waals surface area contributed by atoms with Gasteiger partial charge in [0, 0.05) is 30.4 Å². The summed E-state index contributed by atoms with van der Waals surface area (Å²) < 4.78 is 0. The summed E-state index contributed by atoms with van der Waals surface area (Å²) in [5.41, 5.74) is 1.38. The van der Waals surface area contributed by atoms with Gasteiger partial charge < -0.3 is 5.32 Å². The number of pyridine rings is 1. The fourth-order valence-corrected chi connectivity index (χ4v) is 3.24. The molecule has 0 amide bonds. The molecular weight excluding hydrogens is 232 g/mol. The summed E-state index contributed by atoms with van der Waals surface area (Å²) in [6.45, 7) is 3.29. The van der Waals surface area contributed by atoms with Crippen molar-refractivity contribution in [3.8, 4) is 0 Å². The van der Waals surface area contributed by atoms with Crippen molar-refractivity contribution in [2.24, 2.45) is 5.92 Å². The number of benzene rings is 1. The maximum absolute atomic E-state index is 4.19. The summed E-state index contributed by atoms with van der Waals surface area (Å²) in [4.78, 5) is 4.19. The van der Waals surface area contributed by atoms with E-state index in [0.717, 1.165) is 12.5 Å². The van der Waals surface area contributed by atoms with Crippen LogP contribution in [0, 0.1) is 5.92 Å². The Hall–Kier alpha value is -1.41. The molecule has 0 spiro atoms. The second kappa shape index (κ2) is 5.70. The van der Waals surface area contributed by atoms with Gasteiger partial charge >= 0.3 is 0 Å². The number of rotatable bonds is 4. The molecule has 1 heterocycles. The largest absolute Gasteiger partial charge is 0.310 e. The lowest BCUT2D eigenvalue weighted by Crippen LogP contribution is -2.31. The molecule has 1 aliphatic rings. The van der Waals surface area contributed by atoms with Crippen molar-refractivity contribution in [2.75, 3.05) is 0 Å². The molecular formula is C17H22N2. The summed E-state index contributed by atoms with van der Waals surface area (Å²) in [6, 6.07) is 9.22. The maximum atomic E-state index is 4.19. The molecule has 3 rings (SSSR count). The van der Waals surface area contributed by atoms with E-state index in [2.05, 4.69) is 41.5 Å². The van der Waals surface area contributed by atoms with Gasteiger partial charge in [-0.2, -0.15) is 0 Å². The Morgan fingerprint density at radius 2 is 2.11 bits per heavy atom. The van der Waals surface area contributed by atoms with Crippen LogP contribution in [0.3, 0.4) is 0 Å². The third-order valence-electron chi connectivity index (χ3n) is 4.49. The Bertz CT molecular complexity index is 538. The van der Waals surface area contributed by atoms with E-state index < -0.39 is 0 Å². The molecule has 2 aromatic rings. The molecule has 1 fully saturated rings. The van der Waals surface area contributed by atoms with Gasteiger partial charge in [0.25, 0.3) is 0 Å². The average molecular weight is 254 g/mol. The Labute approximate surface area is 115 Å². The topological polar surface area (TPSA) is 24.9 Å². The van der Waals surface area contributed by atoms with E-state index in [4.69, 9.17) is 0 Å². The Kier molecular flexibility index (Phi) is 3.79. The van der Waals surface area contributed by atoms with Gasteiger partial charge in [0.05, 0.1) is 0 Å². The van der Waals surface area contributed by atoms with Gasteiger partial charge in [0.1, 0.15) is 0 Å². The van der Waals surface area contributed by atoms with Gasteiger partial charge in [-0.3, -0.25) is 4.98 Å². The Morgan fingerprint density at radius 1 is 1.26 bits per heavy atom. The van der Waals surface area contributed by atoms with Gasteiger partial charge in [-0.15, -0.1) is 0 Å². The van der Waals surface area contributed by atoms with E-state index in [1.807, 2.05) is 12.4 Å². The molecule has 2 nitrogen and oxygen atoms in total. The highest BCUT2D eigenvalue weighted by atomic mass is 14.9. The molecule has 0 radical (unpaired) electrons. The second-order valence-corrected chi connectivity index (χ2v) is 5.73. The predicted molar refractivity (Wildman–Crippen MR) is 80.0 cm³/mol. The molecule has 1 aliphatic carbocycles. The molecule has 100 valence electrons. The minimum atomic E-state index is 0.625. The van der Waals surface area contributed by atoms with Gasteiger partial charge in [0.2, 0.25) is 0 Å². The van der Waals surface area contributed by atoms with Crippen molar-refractivity contribution in [1.82, 2.24) is 10.3 Å². The van der Waals surface area contributed by atoms with E-state index >= 15 is 0 Å². The standard InChI is InChI=1S/C17H22N2/c1-13(14-5-2-3-6-14)19-12-16-8-4-7-15-11-18-10-9-17(15)16/h4,7-11,13-14,19H,2-3,5-6,12H2,1H3. The summed E-state index contributed by atoms with van der Waals surface area (Å²) in [5.74, 6) is 0.872. The zero-order chi connectivity index (χ0) is 13.1. The number of hydrogen-bond acceptors (Lipinski definition) is 2. The number of fused-ring (bicyclic) bond motifs is 1. The zero-order valence-corrected chi connectivity index (χ0v) is 11.6. The van der Waals surface area contributed by atoms with Crippen molar-refractivity contribution >= 4 is 10.8 Å². The predicted octanol–water partition coefficient (Wildman–Crippen LogP) is 3.90. The van der Waals surface area contributed by atoms with Crippen LogP contribution in [-0.4, -0.2) is 11.0 Å². The van der Waals surface area contributed by atoms with Crippen molar-refractivity contribution in [2.45, 2.75) is 45.2 Å². The molecule has 1 aromatic carbocycles. The first-order valence-electron chi connectivity index (χ1n) is 7.39. The molecule has 0 bridgehead atoms. The van der Waals surface area contributed by atoms with E-state index in [1.165, 1.54) is 42.0 Å². The monoisotopic (exact) mass is 254 g/mol. The van der Waals surface area contributed by atoms with Crippen LogP contribution in [-0.2, 0) is 6.54 Å². The third kappa shape index (κ3) is 2.79. The van der Waals surface area contributed by atoms with Crippen molar-refractivity contribution < 1.29 is 0 Å². The molecule has 1 atom stereocenters. The molecule has 19 heavy (non-hydrogen) atoms. The highest BCUT2D eigenvalue weighted by Gasteiger charge is 2.20. The second-order valence-electron chi connectivity index (χ2n) is 5.73. The van der Waals surface area contributed by atoms with Crippen LogP contribution in [0.15, 0.2) is 36.7 Å².